The second-order valence-corrected chi connectivity index (χ2v) is 9.02. The molecule has 1 aliphatic heterocycles. The van der Waals surface area contributed by atoms with Gasteiger partial charge in [-0.2, -0.15) is 0 Å². The molecule has 0 aliphatic carbocycles. The molecule has 2 heterocycles. The van der Waals surface area contributed by atoms with E-state index in [2.05, 4.69) is 58.4 Å². The van der Waals surface area contributed by atoms with Crippen molar-refractivity contribution in [1.82, 2.24) is 15.3 Å². The molecule has 1 fully saturated rings. The number of benzene rings is 1. The highest BCUT2D eigenvalue weighted by atomic mass is 19.4. The standard InChI is InChI=1S/C20H25F3N6O3/c1-18(2)9-13(10-19(3,4)28-18)27-17-15(29(30)31)16(24-11-25-17)26-12-5-7-14(8-6-12)32-20(21,22)23/h5-8,11,13,28H,9-10H2,1-4H3,(H2,24,25,26,27). The summed E-state index contributed by atoms with van der Waals surface area (Å²) in [5.41, 5.74) is -0.404. The maximum Gasteiger partial charge on any atom is 0.573 e. The lowest BCUT2D eigenvalue weighted by Crippen LogP contribution is -2.60. The van der Waals surface area contributed by atoms with E-state index < -0.39 is 17.0 Å². The van der Waals surface area contributed by atoms with Gasteiger partial charge in [-0.3, -0.25) is 10.1 Å². The van der Waals surface area contributed by atoms with Crippen LogP contribution in [0.2, 0.25) is 0 Å². The zero-order chi connectivity index (χ0) is 23.7. The summed E-state index contributed by atoms with van der Waals surface area (Å²) in [5.74, 6) is -0.411. The van der Waals surface area contributed by atoms with E-state index in [0.717, 1.165) is 25.0 Å². The highest BCUT2D eigenvalue weighted by Crippen LogP contribution is 2.35. The molecule has 0 saturated carbocycles. The summed E-state index contributed by atoms with van der Waals surface area (Å²) < 4.78 is 40.8. The van der Waals surface area contributed by atoms with Crippen LogP contribution in [0.5, 0.6) is 5.75 Å². The summed E-state index contributed by atoms with van der Waals surface area (Å²) in [6, 6.07) is 4.74. The van der Waals surface area contributed by atoms with Gasteiger partial charge in [0.15, 0.2) is 0 Å². The number of ether oxygens (including phenoxy) is 1. The molecule has 1 aromatic heterocycles. The van der Waals surface area contributed by atoms with Crippen LogP contribution in [-0.4, -0.2) is 38.4 Å². The highest BCUT2D eigenvalue weighted by molar-refractivity contribution is 5.74. The minimum absolute atomic E-state index is 0.0681. The molecule has 12 heteroatoms. The van der Waals surface area contributed by atoms with Gasteiger partial charge in [0.25, 0.3) is 0 Å². The molecule has 0 atom stereocenters. The summed E-state index contributed by atoms with van der Waals surface area (Å²) in [7, 11) is 0. The van der Waals surface area contributed by atoms with Gasteiger partial charge in [0, 0.05) is 22.8 Å². The number of nitrogens with one attached hydrogen (secondary N) is 3. The summed E-state index contributed by atoms with van der Waals surface area (Å²) in [6.45, 7) is 8.26. The lowest BCUT2D eigenvalue weighted by atomic mass is 9.79. The fraction of sp³-hybridized carbons (Fsp3) is 0.500. The Morgan fingerprint density at radius 3 is 2.19 bits per heavy atom. The molecule has 1 aliphatic rings. The van der Waals surface area contributed by atoms with Gasteiger partial charge in [0.1, 0.15) is 12.1 Å². The first kappa shape index (κ1) is 23.5. The van der Waals surface area contributed by atoms with Crippen LogP contribution in [0, 0.1) is 10.1 Å². The van der Waals surface area contributed by atoms with Crippen molar-refractivity contribution in [2.24, 2.45) is 0 Å². The molecular formula is C20H25F3N6O3. The van der Waals surface area contributed by atoms with Crippen LogP contribution >= 0.6 is 0 Å². The molecule has 9 nitrogen and oxygen atoms in total. The zero-order valence-corrected chi connectivity index (χ0v) is 18.1. The van der Waals surface area contributed by atoms with Gasteiger partial charge in [-0.15, -0.1) is 13.2 Å². The maximum atomic E-state index is 12.3. The van der Waals surface area contributed by atoms with Gasteiger partial charge in [-0.25, -0.2) is 9.97 Å². The van der Waals surface area contributed by atoms with E-state index in [1.54, 1.807) is 0 Å². The van der Waals surface area contributed by atoms with Gasteiger partial charge in [-0.1, -0.05) is 0 Å². The van der Waals surface area contributed by atoms with Gasteiger partial charge < -0.3 is 20.7 Å². The quantitative estimate of drug-likeness (QED) is 0.423. The maximum absolute atomic E-state index is 12.3. The third-order valence-electron chi connectivity index (χ3n) is 4.89. The first-order chi connectivity index (χ1) is 14.7. The molecule has 3 N–H and O–H groups in total. The monoisotopic (exact) mass is 454 g/mol. The number of hydrogen-bond acceptors (Lipinski definition) is 8. The number of rotatable bonds is 6. The number of alkyl halides is 3. The molecule has 174 valence electrons. The smallest absolute Gasteiger partial charge is 0.406 e. The molecule has 1 aromatic carbocycles. The van der Waals surface area contributed by atoms with Crippen molar-refractivity contribution >= 4 is 23.0 Å². The SMILES string of the molecule is CC1(C)CC(Nc2ncnc(Nc3ccc(OC(F)(F)F)cc3)c2[N+](=O)[O-])CC(C)(C)N1. The second-order valence-electron chi connectivity index (χ2n) is 9.02. The highest BCUT2D eigenvalue weighted by Gasteiger charge is 2.39. The van der Waals surface area contributed by atoms with Gasteiger partial charge in [0.2, 0.25) is 11.6 Å². The van der Waals surface area contributed by atoms with Crippen molar-refractivity contribution in [3.63, 3.8) is 0 Å². The predicted molar refractivity (Wildman–Crippen MR) is 113 cm³/mol. The number of aromatic nitrogens is 2. The minimum Gasteiger partial charge on any atom is -0.406 e. The molecule has 2 aromatic rings. The lowest BCUT2D eigenvalue weighted by molar-refractivity contribution is -0.383. The minimum atomic E-state index is -4.81. The molecular weight excluding hydrogens is 429 g/mol. The molecule has 0 spiro atoms. The van der Waals surface area contributed by atoms with Crippen molar-refractivity contribution in [2.45, 2.75) is 64.0 Å². The molecule has 0 bridgehead atoms. The number of hydrogen-bond donors (Lipinski definition) is 3. The van der Waals surface area contributed by atoms with E-state index in [4.69, 9.17) is 0 Å². The molecule has 3 rings (SSSR count). The third-order valence-corrected chi connectivity index (χ3v) is 4.89. The van der Waals surface area contributed by atoms with E-state index in [0.29, 0.717) is 5.69 Å². The average molecular weight is 454 g/mol. The Hall–Kier alpha value is -3.15. The predicted octanol–water partition coefficient (Wildman–Crippen LogP) is 4.75. The lowest BCUT2D eigenvalue weighted by Gasteiger charge is -2.46. The molecule has 1 saturated heterocycles. The van der Waals surface area contributed by atoms with Crippen LogP contribution in [0.3, 0.4) is 0 Å². The third kappa shape index (κ3) is 6.19. The second kappa shape index (κ2) is 8.41. The summed E-state index contributed by atoms with van der Waals surface area (Å²) in [4.78, 5) is 19.3. The average Bonchev–Trinajstić information content (AvgIpc) is 2.59. The van der Waals surface area contributed by atoms with Gasteiger partial charge in [-0.05, 0) is 64.8 Å². The van der Waals surface area contributed by atoms with Crippen LogP contribution in [0.25, 0.3) is 0 Å². The van der Waals surface area contributed by atoms with Crippen molar-refractivity contribution < 1.29 is 22.8 Å². The first-order valence-corrected chi connectivity index (χ1v) is 9.91. The fourth-order valence-electron chi connectivity index (χ4n) is 4.24. The first-order valence-electron chi connectivity index (χ1n) is 9.91. The summed E-state index contributed by atoms with van der Waals surface area (Å²) in [5, 5.41) is 21.3. The van der Waals surface area contributed by atoms with Crippen LogP contribution in [0.1, 0.15) is 40.5 Å². The van der Waals surface area contributed by atoms with Crippen LogP contribution < -0.4 is 20.7 Å². The number of nitro groups is 1. The number of piperidine rings is 1. The normalized spacial score (nSPS) is 18.1. The number of halogens is 3. The topological polar surface area (TPSA) is 114 Å². The summed E-state index contributed by atoms with van der Waals surface area (Å²) >= 11 is 0. The van der Waals surface area contributed by atoms with Gasteiger partial charge >= 0.3 is 12.0 Å². The molecule has 32 heavy (non-hydrogen) atoms. The van der Waals surface area contributed by atoms with E-state index in [-0.39, 0.29) is 34.4 Å². The van der Waals surface area contributed by atoms with E-state index in [1.165, 1.54) is 18.5 Å². The Kier molecular flexibility index (Phi) is 6.18. The Morgan fingerprint density at radius 2 is 1.66 bits per heavy atom. The zero-order valence-electron chi connectivity index (χ0n) is 18.1. The van der Waals surface area contributed by atoms with Crippen molar-refractivity contribution in [1.29, 1.82) is 0 Å². The fourth-order valence-corrected chi connectivity index (χ4v) is 4.24. The molecule has 0 radical (unpaired) electrons. The molecule has 0 amide bonds. The van der Waals surface area contributed by atoms with E-state index >= 15 is 0 Å². The van der Waals surface area contributed by atoms with Gasteiger partial charge in [0.05, 0.1) is 4.92 Å². The largest absolute Gasteiger partial charge is 0.573 e. The Labute approximate surface area is 182 Å². The Morgan fingerprint density at radius 1 is 1.09 bits per heavy atom. The Bertz CT molecular complexity index is 964. The summed E-state index contributed by atoms with van der Waals surface area (Å²) in [6.07, 6.45) is -2.17. The van der Waals surface area contributed by atoms with Crippen molar-refractivity contribution in [3.05, 3.63) is 40.7 Å². The Balaban J connectivity index is 1.83. The number of anilines is 3. The van der Waals surface area contributed by atoms with E-state index in [9.17, 15) is 23.3 Å². The van der Waals surface area contributed by atoms with Crippen LogP contribution in [0.15, 0.2) is 30.6 Å². The van der Waals surface area contributed by atoms with Crippen molar-refractivity contribution in [2.75, 3.05) is 10.6 Å². The van der Waals surface area contributed by atoms with Crippen LogP contribution in [0.4, 0.5) is 36.2 Å². The molecule has 0 unspecified atom stereocenters. The van der Waals surface area contributed by atoms with Crippen molar-refractivity contribution in [3.8, 4) is 5.75 Å². The van der Waals surface area contributed by atoms with Crippen LogP contribution in [-0.2, 0) is 0 Å². The van der Waals surface area contributed by atoms with E-state index in [1.807, 2.05) is 0 Å². The number of nitrogens with zero attached hydrogens (tertiary/aromatic N) is 3.